The SMILES string of the molecule is CN1CCN(c2cnc3[nH]cc(-c4ccc5c(c4)C4(CCNCC4)CC5=O)c3c2)CC1. The van der Waals surface area contributed by atoms with Gasteiger partial charge in [-0.05, 0) is 56.2 Å². The standard InChI is InChI=1S/C25H29N5O/c1-29-8-10-30(11-9-29)18-13-20-21(16-28-24(20)27-15-18)17-2-3-19-22(12-17)25(14-23(19)31)4-6-26-7-5-25/h2-3,12-13,15-16,26H,4-11,14H2,1H3,(H,27,28). The zero-order valence-electron chi connectivity index (χ0n) is 18.1. The molecular formula is C25H29N5O. The van der Waals surface area contributed by atoms with Crippen LogP contribution in [0.25, 0.3) is 22.2 Å². The summed E-state index contributed by atoms with van der Waals surface area (Å²) in [5.74, 6) is 0.307. The smallest absolute Gasteiger partial charge is 0.164 e. The number of rotatable bonds is 2. The molecule has 0 atom stereocenters. The van der Waals surface area contributed by atoms with Crippen molar-refractivity contribution in [1.29, 1.82) is 0 Å². The lowest BCUT2D eigenvalue weighted by atomic mass is 9.74. The predicted molar refractivity (Wildman–Crippen MR) is 124 cm³/mol. The topological polar surface area (TPSA) is 64.3 Å². The Morgan fingerprint density at radius 2 is 1.84 bits per heavy atom. The molecule has 1 aromatic carbocycles. The van der Waals surface area contributed by atoms with Crippen molar-refractivity contribution in [3.8, 4) is 11.1 Å². The Hall–Kier alpha value is -2.70. The second-order valence-electron chi connectivity index (χ2n) is 9.47. The van der Waals surface area contributed by atoms with Crippen molar-refractivity contribution < 1.29 is 4.79 Å². The van der Waals surface area contributed by atoms with E-state index < -0.39 is 0 Å². The van der Waals surface area contributed by atoms with Gasteiger partial charge in [0, 0.05) is 60.7 Å². The number of aromatic amines is 1. The molecule has 3 aromatic rings. The number of nitrogens with one attached hydrogen (secondary N) is 2. The molecule has 160 valence electrons. The van der Waals surface area contributed by atoms with E-state index in [4.69, 9.17) is 4.98 Å². The maximum Gasteiger partial charge on any atom is 0.164 e. The number of aromatic nitrogens is 2. The van der Waals surface area contributed by atoms with E-state index in [-0.39, 0.29) is 5.41 Å². The monoisotopic (exact) mass is 415 g/mol. The zero-order chi connectivity index (χ0) is 21.0. The highest BCUT2D eigenvalue weighted by Gasteiger charge is 2.43. The molecule has 1 aliphatic carbocycles. The first-order chi connectivity index (χ1) is 15.1. The number of carbonyl (C=O) groups excluding carboxylic acids is 1. The average molecular weight is 416 g/mol. The summed E-state index contributed by atoms with van der Waals surface area (Å²) < 4.78 is 0. The minimum atomic E-state index is 0.0169. The highest BCUT2D eigenvalue weighted by Crippen LogP contribution is 2.46. The highest BCUT2D eigenvalue weighted by atomic mass is 16.1. The Morgan fingerprint density at radius 3 is 2.65 bits per heavy atom. The van der Waals surface area contributed by atoms with Gasteiger partial charge in [0.15, 0.2) is 5.78 Å². The van der Waals surface area contributed by atoms with Crippen LogP contribution < -0.4 is 10.2 Å². The molecule has 0 saturated carbocycles. The highest BCUT2D eigenvalue weighted by molar-refractivity contribution is 6.03. The third kappa shape index (κ3) is 3.08. The number of carbonyl (C=O) groups is 1. The van der Waals surface area contributed by atoms with Crippen LogP contribution in [0.5, 0.6) is 0 Å². The lowest BCUT2D eigenvalue weighted by molar-refractivity contribution is 0.0964. The van der Waals surface area contributed by atoms with Crippen LogP contribution in [0.15, 0.2) is 36.7 Å². The zero-order valence-corrected chi connectivity index (χ0v) is 18.1. The van der Waals surface area contributed by atoms with E-state index in [9.17, 15) is 4.79 Å². The van der Waals surface area contributed by atoms with Gasteiger partial charge in [0.25, 0.3) is 0 Å². The number of pyridine rings is 1. The van der Waals surface area contributed by atoms with Gasteiger partial charge in [0.2, 0.25) is 0 Å². The molecule has 2 aliphatic heterocycles. The third-order valence-corrected chi connectivity index (χ3v) is 7.65. The van der Waals surface area contributed by atoms with E-state index >= 15 is 0 Å². The number of anilines is 1. The van der Waals surface area contributed by atoms with Crippen molar-refractivity contribution in [3.05, 3.63) is 47.8 Å². The number of piperidine rings is 1. The fraction of sp³-hybridized carbons (Fsp3) is 0.440. The Labute approximate surface area is 182 Å². The molecule has 3 aliphatic rings. The molecule has 1 spiro atoms. The second-order valence-corrected chi connectivity index (χ2v) is 9.47. The van der Waals surface area contributed by atoms with Crippen molar-refractivity contribution in [2.45, 2.75) is 24.7 Å². The summed E-state index contributed by atoms with van der Waals surface area (Å²) in [5.41, 5.74) is 6.66. The van der Waals surface area contributed by atoms with E-state index in [1.54, 1.807) is 0 Å². The summed E-state index contributed by atoms with van der Waals surface area (Å²) in [4.78, 5) is 25.6. The maximum atomic E-state index is 12.7. The number of likely N-dealkylation sites (N-methyl/N-ethyl adjacent to an activating group) is 1. The van der Waals surface area contributed by atoms with Crippen LogP contribution in [-0.4, -0.2) is 67.0 Å². The summed E-state index contributed by atoms with van der Waals surface area (Å²) >= 11 is 0. The molecule has 6 nitrogen and oxygen atoms in total. The molecule has 6 rings (SSSR count). The van der Waals surface area contributed by atoms with Crippen molar-refractivity contribution in [2.24, 2.45) is 0 Å². The molecule has 6 heteroatoms. The molecule has 2 saturated heterocycles. The maximum absolute atomic E-state index is 12.7. The Balaban J connectivity index is 1.41. The van der Waals surface area contributed by atoms with Crippen LogP contribution in [0.1, 0.15) is 35.2 Å². The van der Waals surface area contributed by atoms with Crippen molar-refractivity contribution in [1.82, 2.24) is 20.2 Å². The predicted octanol–water partition coefficient (Wildman–Crippen LogP) is 3.19. The van der Waals surface area contributed by atoms with Gasteiger partial charge in [-0.3, -0.25) is 4.79 Å². The van der Waals surface area contributed by atoms with Crippen LogP contribution in [0, 0.1) is 0 Å². The lowest BCUT2D eigenvalue weighted by Gasteiger charge is -2.34. The summed E-state index contributed by atoms with van der Waals surface area (Å²) in [7, 11) is 2.18. The molecular weight excluding hydrogens is 386 g/mol. The molecule has 0 unspecified atom stereocenters. The van der Waals surface area contributed by atoms with Crippen LogP contribution in [0.2, 0.25) is 0 Å². The van der Waals surface area contributed by atoms with E-state index in [1.807, 2.05) is 6.20 Å². The number of H-pyrrole nitrogens is 1. The number of hydrogen-bond donors (Lipinski definition) is 2. The summed E-state index contributed by atoms with van der Waals surface area (Å²) in [6, 6.07) is 8.73. The van der Waals surface area contributed by atoms with E-state index in [1.165, 1.54) is 22.4 Å². The summed E-state index contributed by atoms with van der Waals surface area (Å²) in [6.45, 7) is 6.19. The molecule has 2 fully saturated rings. The minimum absolute atomic E-state index is 0.0169. The molecule has 0 bridgehead atoms. The first-order valence-corrected chi connectivity index (χ1v) is 11.4. The number of hydrogen-bond acceptors (Lipinski definition) is 5. The van der Waals surface area contributed by atoms with Crippen LogP contribution in [0.4, 0.5) is 5.69 Å². The van der Waals surface area contributed by atoms with E-state index in [2.05, 4.69) is 57.6 Å². The molecule has 2 N–H and O–H groups in total. The van der Waals surface area contributed by atoms with Gasteiger partial charge in [-0.25, -0.2) is 4.98 Å². The van der Waals surface area contributed by atoms with Crippen LogP contribution in [-0.2, 0) is 5.41 Å². The minimum Gasteiger partial charge on any atom is -0.368 e. The molecule has 0 amide bonds. The van der Waals surface area contributed by atoms with E-state index in [0.717, 1.165) is 68.7 Å². The van der Waals surface area contributed by atoms with E-state index in [0.29, 0.717) is 12.2 Å². The average Bonchev–Trinajstić information content (AvgIpc) is 3.33. The normalized spacial score (nSPS) is 21.2. The number of fused-ring (bicyclic) bond motifs is 3. The van der Waals surface area contributed by atoms with Gasteiger partial charge in [-0.2, -0.15) is 0 Å². The molecule has 0 radical (unpaired) electrons. The molecule has 31 heavy (non-hydrogen) atoms. The second kappa shape index (κ2) is 7.18. The van der Waals surface area contributed by atoms with Gasteiger partial charge in [0.05, 0.1) is 11.9 Å². The summed E-state index contributed by atoms with van der Waals surface area (Å²) in [5, 5.41) is 4.61. The quantitative estimate of drug-likeness (QED) is 0.673. The largest absolute Gasteiger partial charge is 0.368 e. The van der Waals surface area contributed by atoms with Gasteiger partial charge in [-0.15, -0.1) is 0 Å². The summed E-state index contributed by atoms with van der Waals surface area (Å²) in [6.07, 6.45) is 6.80. The van der Waals surface area contributed by atoms with Crippen molar-refractivity contribution >= 4 is 22.5 Å². The molecule has 4 heterocycles. The first kappa shape index (κ1) is 19.0. The number of ketones is 1. The fourth-order valence-corrected chi connectivity index (χ4v) is 5.71. The van der Waals surface area contributed by atoms with Crippen molar-refractivity contribution in [2.75, 3.05) is 51.2 Å². The number of nitrogens with zero attached hydrogens (tertiary/aromatic N) is 3. The van der Waals surface area contributed by atoms with Crippen LogP contribution in [0.3, 0.4) is 0 Å². The number of benzene rings is 1. The van der Waals surface area contributed by atoms with Crippen LogP contribution >= 0.6 is 0 Å². The Bertz CT molecular complexity index is 1150. The molecule has 2 aromatic heterocycles. The Morgan fingerprint density at radius 1 is 1.03 bits per heavy atom. The van der Waals surface area contributed by atoms with Gasteiger partial charge in [-0.1, -0.05) is 12.1 Å². The fourth-order valence-electron chi connectivity index (χ4n) is 5.71. The van der Waals surface area contributed by atoms with Gasteiger partial charge in [0.1, 0.15) is 5.65 Å². The number of piperazine rings is 1. The first-order valence-electron chi connectivity index (χ1n) is 11.4. The van der Waals surface area contributed by atoms with Crippen molar-refractivity contribution in [3.63, 3.8) is 0 Å². The Kier molecular flexibility index (Phi) is 4.40. The van der Waals surface area contributed by atoms with Gasteiger partial charge >= 0.3 is 0 Å². The number of Topliss-reactive ketones (excluding diaryl/α,β-unsaturated/α-hetero) is 1. The lowest BCUT2D eigenvalue weighted by Crippen LogP contribution is -2.44. The third-order valence-electron chi connectivity index (χ3n) is 7.65. The van der Waals surface area contributed by atoms with Gasteiger partial charge < -0.3 is 20.1 Å².